The Morgan fingerprint density at radius 2 is 2.14 bits per heavy atom. The summed E-state index contributed by atoms with van der Waals surface area (Å²) in [5.74, 6) is -1.29. The first-order valence-electron chi connectivity index (χ1n) is 6.40. The van der Waals surface area contributed by atoms with Gasteiger partial charge in [-0.15, -0.1) is 0 Å². The van der Waals surface area contributed by atoms with E-state index in [1.807, 2.05) is 0 Å². The van der Waals surface area contributed by atoms with E-state index >= 15 is 0 Å². The van der Waals surface area contributed by atoms with Crippen LogP contribution in [-0.4, -0.2) is 33.2 Å². The first kappa shape index (κ1) is 16.2. The van der Waals surface area contributed by atoms with E-state index in [2.05, 4.69) is 10.0 Å². The van der Waals surface area contributed by atoms with E-state index in [9.17, 15) is 17.6 Å². The van der Waals surface area contributed by atoms with Gasteiger partial charge in [0.2, 0.25) is 15.9 Å². The fraction of sp³-hybridized carbons (Fsp3) is 0.462. The van der Waals surface area contributed by atoms with Crippen molar-refractivity contribution in [3.05, 3.63) is 34.9 Å². The van der Waals surface area contributed by atoms with E-state index in [1.54, 1.807) is 24.3 Å². The number of rotatable bonds is 5. The molecule has 1 fully saturated rings. The third kappa shape index (κ3) is 3.93. The molecule has 0 heterocycles. The fourth-order valence-corrected chi connectivity index (χ4v) is 3.10. The molecule has 21 heavy (non-hydrogen) atoms. The van der Waals surface area contributed by atoms with Crippen LogP contribution in [0.1, 0.15) is 18.4 Å². The summed E-state index contributed by atoms with van der Waals surface area (Å²) in [5.41, 5.74) is -1.05. The molecule has 0 unspecified atom stereocenters. The summed E-state index contributed by atoms with van der Waals surface area (Å²) in [6.45, 7) is 0. The molecule has 0 bridgehead atoms. The van der Waals surface area contributed by atoms with Crippen LogP contribution in [0, 0.1) is 0 Å². The summed E-state index contributed by atoms with van der Waals surface area (Å²) in [6, 6.07) is 6.17. The lowest BCUT2D eigenvalue weighted by atomic mass is 9.73. The molecule has 0 aromatic heterocycles. The van der Waals surface area contributed by atoms with Crippen LogP contribution in [0.15, 0.2) is 24.3 Å². The van der Waals surface area contributed by atoms with Crippen LogP contribution in [0.2, 0.25) is 5.02 Å². The molecule has 0 radical (unpaired) electrons. The normalized spacial score (nSPS) is 25.2. The van der Waals surface area contributed by atoms with Crippen LogP contribution in [0.25, 0.3) is 0 Å². The Morgan fingerprint density at radius 3 is 2.71 bits per heavy atom. The van der Waals surface area contributed by atoms with Gasteiger partial charge in [-0.3, -0.25) is 4.79 Å². The Balaban J connectivity index is 1.90. The predicted octanol–water partition coefficient (Wildman–Crippen LogP) is 1.33. The maximum atomic E-state index is 14.6. The Morgan fingerprint density at radius 1 is 1.48 bits per heavy atom. The summed E-state index contributed by atoms with van der Waals surface area (Å²) in [5, 5.41) is 2.97. The molecule has 2 N–H and O–H groups in total. The molecule has 0 saturated heterocycles. The van der Waals surface area contributed by atoms with Gasteiger partial charge in [0, 0.05) is 23.9 Å². The predicted molar refractivity (Wildman–Crippen MR) is 78.2 cm³/mol. The zero-order chi connectivity index (χ0) is 15.7. The van der Waals surface area contributed by atoms with Crippen LogP contribution in [0.5, 0.6) is 0 Å². The molecular weight excluding hydrogens is 319 g/mol. The first-order valence-corrected chi connectivity index (χ1v) is 8.43. The second-order valence-electron chi connectivity index (χ2n) is 5.11. The molecule has 1 aromatic carbocycles. The van der Waals surface area contributed by atoms with Crippen molar-refractivity contribution in [1.29, 1.82) is 0 Å². The van der Waals surface area contributed by atoms with Crippen molar-refractivity contribution in [2.24, 2.45) is 0 Å². The molecule has 2 rings (SSSR count). The molecular formula is C13H16ClFN2O3S. The van der Waals surface area contributed by atoms with E-state index in [-0.39, 0.29) is 18.9 Å². The summed E-state index contributed by atoms with van der Waals surface area (Å²) < 4.78 is 39.1. The third-order valence-electron chi connectivity index (χ3n) is 3.48. The highest BCUT2D eigenvalue weighted by molar-refractivity contribution is 7.90. The minimum Gasteiger partial charge on any atom is -0.352 e. The zero-order valence-corrected chi connectivity index (χ0v) is 13.0. The van der Waals surface area contributed by atoms with Crippen molar-refractivity contribution in [1.82, 2.24) is 10.0 Å². The quantitative estimate of drug-likeness (QED) is 0.853. The van der Waals surface area contributed by atoms with Crippen molar-refractivity contribution in [2.45, 2.75) is 24.6 Å². The molecule has 1 aromatic rings. The summed E-state index contributed by atoms with van der Waals surface area (Å²) >= 11 is 5.83. The number of amides is 1. The van der Waals surface area contributed by atoms with Crippen LogP contribution in [-0.2, 0) is 20.5 Å². The van der Waals surface area contributed by atoms with Gasteiger partial charge in [-0.1, -0.05) is 23.7 Å². The smallest absolute Gasteiger partial charge is 0.236 e. The number of hydrogen-bond donors (Lipinski definition) is 2. The third-order valence-corrected chi connectivity index (χ3v) is 4.98. The largest absolute Gasteiger partial charge is 0.352 e. The van der Waals surface area contributed by atoms with Crippen LogP contribution in [0.4, 0.5) is 4.39 Å². The van der Waals surface area contributed by atoms with Crippen molar-refractivity contribution in [3.8, 4) is 0 Å². The minimum atomic E-state index is -3.61. The highest BCUT2D eigenvalue weighted by atomic mass is 35.5. The van der Waals surface area contributed by atoms with Gasteiger partial charge < -0.3 is 5.32 Å². The van der Waals surface area contributed by atoms with Gasteiger partial charge >= 0.3 is 0 Å². The molecule has 0 aliphatic heterocycles. The summed E-state index contributed by atoms with van der Waals surface area (Å²) in [4.78, 5) is 11.5. The lowest BCUT2D eigenvalue weighted by Crippen LogP contribution is -2.52. The van der Waals surface area contributed by atoms with Gasteiger partial charge in [0.15, 0.2) is 0 Å². The number of nitrogens with one attached hydrogen (secondary N) is 2. The number of sulfonamides is 1. The molecule has 8 heteroatoms. The van der Waals surface area contributed by atoms with Gasteiger partial charge in [0.1, 0.15) is 11.4 Å². The standard InChI is InChI=1S/C13H16ClFN2O3S/c1-16-21(19,20)8-12(18)17-11-6-13(15,7-11)9-3-2-4-10(14)5-9/h2-5,11,16H,6-8H2,1H3,(H,17,18). The van der Waals surface area contributed by atoms with Crippen LogP contribution >= 0.6 is 11.6 Å². The van der Waals surface area contributed by atoms with E-state index in [4.69, 9.17) is 11.6 Å². The van der Waals surface area contributed by atoms with Gasteiger partial charge in [-0.05, 0) is 24.7 Å². The Bertz CT molecular complexity index is 645. The molecule has 0 atom stereocenters. The highest BCUT2D eigenvalue weighted by Gasteiger charge is 2.47. The van der Waals surface area contributed by atoms with Crippen LogP contribution < -0.4 is 10.0 Å². The molecule has 1 amide bonds. The number of benzene rings is 1. The highest BCUT2D eigenvalue weighted by Crippen LogP contribution is 2.45. The average molecular weight is 335 g/mol. The molecule has 0 spiro atoms. The number of hydrogen-bond acceptors (Lipinski definition) is 3. The lowest BCUT2D eigenvalue weighted by Gasteiger charge is -2.42. The Labute approximate surface area is 127 Å². The van der Waals surface area contributed by atoms with Crippen molar-refractivity contribution >= 4 is 27.5 Å². The van der Waals surface area contributed by atoms with E-state index < -0.39 is 27.4 Å². The topological polar surface area (TPSA) is 75.3 Å². The second-order valence-corrected chi connectivity index (χ2v) is 7.47. The van der Waals surface area contributed by atoms with Crippen LogP contribution in [0.3, 0.4) is 0 Å². The Kier molecular flexibility index (Phi) is 4.55. The van der Waals surface area contributed by atoms with Gasteiger partial charge in [0.25, 0.3) is 0 Å². The molecule has 116 valence electrons. The summed E-state index contributed by atoms with van der Waals surface area (Å²) in [7, 11) is -2.37. The molecule has 1 saturated carbocycles. The maximum Gasteiger partial charge on any atom is 0.236 e. The molecule has 5 nitrogen and oxygen atoms in total. The number of carbonyl (C=O) groups is 1. The van der Waals surface area contributed by atoms with Gasteiger partial charge in [-0.2, -0.15) is 0 Å². The van der Waals surface area contributed by atoms with E-state index in [0.29, 0.717) is 10.6 Å². The van der Waals surface area contributed by atoms with E-state index in [0.717, 1.165) is 0 Å². The van der Waals surface area contributed by atoms with Gasteiger partial charge in [0.05, 0.1) is 0 Å². The Hall–Kier alpha value is -1.18. The van der Waals surface area contributed by atoms with Crippen molar-refractivity contribution < 1.29 is 17.6 Å². The maximum absolute atomic E-state index is 14.6. The zero-order valence-electron chi connectivity index (χ0n) is 11.4. The van der Waals surface area contributed by atoms with Gasteiger partial charge in [-0.25, -0.2) is 17.5 Å². The average Bonchev–Trinajstić information content (AvgIpc) is 2.36. The van der Waals surface area contributed by atoms with Crippen molar-refractivity contribution in [3.63, 3.8) is 0 Å². The fourth-order valence-electron chi connectivity index (χ4n) is 2.34. The number of halogens is 2. The molecule has 1 aliphatic rings. The minimum absolute atomic E-state index is 0.110. The molecule has 1 aliphatic carbocycles. The van der Waals surface area contributed by atoms with E-state index in [1.165, 1.54) is 7.05 Å². The number of alkyl halides is 1. The number of carbonyl (C=O) groups excluding carboxylic acids is 1. The first-order chi connectivity index (χ1) is 9.74. The monoisotopic (exact) mass is 334 g/mol. The van der Waals surface area contributed by atoms with Crippen molar-refractivity contribution in [2.75, 3.05) is 12.8 Å². The summed E-state index contributed by atoms with van der Waals surface area (Å²) in [6.07, 6.45) is 0.220. The SMILES string of the molecule is CNS(=O)(=O)CC(=O)NC1CC(F)(c2cccc(Cl)c2)C1. The lowest BCUT2D eigenvalue weighted by molar-refractivity contribution is -0.121. The second kappa shape index (κ2) is 5.90.